The van der Waals surface area contributed by atoms with Gasteiger partial charge < -0.3 is 5.32 Å². The summed E-state index contributed by atoms with van der Waals surface area (Å²) in [5.74, 6) is -0.382. The molecule has 0 saturated carbocycles. The van der Waals surface area contributed by atoms with E-state index in [9.17, 15) is 19.7 Å². The van der Waals surface area contributed by atoms with E-state index in [4.69, 9.17) is 0 Å². The van der Waals surface area contributed by atoms with Crippen LogP contribution in [0.5, 0.6) is 0 Å². The number of nitro benzene ring substituents is 1. The number of amides is 1. The molecule has 1 saturated heterocycles. The van der Waals surface area contributed by atoms with Gasteiger partial charge in [0.1, 0.15) is 0 Å². The fourth-order valence-electron chi connectivity index (χ4n) is 3.14. The molecular formula is C21H17N5O4S. The first-order chi connectivity index (χ1) is 14.8. The third-order valence-corrected chi connectivity index (χ3v) is 5.68. The summed E-state index contributed by atoms with van der Waals surface area (Å²) in [5.41, 5.74) is 1.74. The lowest BCUT2D eigenvalue weighted by Gasteiger charge is -2.07. The number of thioether (sulfide) groups is 1. The summed E-state index contributed by atoms with van der Waals surface area (Å²) in [6.45, 7) is 1.78. The first-order valence-corrected chi connectivity index (χ1v) is 10.0. The summed E-state index contributed by atoms with van der Waals surface area (Å²) in [7, 11) is 1.77. The molecule has 1 aromatic heterocycles. The Labute approximate surface area is 180 Å². The molecule has 2 aromatic carbocycles. The predicted octanol–water partition coefficient (Wildman–Crippen LogP) is 3.28. The fraction of sp³-hybridized carbons (Fsp3) is 0.0952. The second-order valence-electron chi connectivity index (χ2n) is 6.74. The number of rotatable bonds is 4. The zero-order valence-corrected chi connectivity index (χ0v) is 17.4. The van der Waals surface area contributed by atoms with Crippen molar-refractivity contribution in [2.24, 2.45) is 12.0 Å². The number of nitrogens with zero attached hydrogens (tertiary/aromatic N) is 4. The highest BCUT2D eigenvalue weighted by molar-refractivity contribution is 8.18. The van der Waals surface area contributed by atoms with Gasteiger partial charge in [-0.15, -0.1) is 0 Å². The van der Waals surface area contributed by atoms with Gasteiger partial charge in [-0.05, 0) is 42.5 Å². The molecule has 156 valence electrons. The van der Waals surface area contributed by atoms with Gasteiger partial charge in [0.15, 0.2) is 10.9 Å². The lowest BCUT2D eigenvalue weighted by Crippen LogP contribution is -2.21. The number of para-hydroxylation sites is 1. The molecule has 0 unspecified atom stereocenters. The number of amidine groups is 1. The largest absolute Gasteiger partial charge is 0.300 e. The van der Waals surface area contributed by atoms with Crippen LogP contribution in [0.4, 0.5) is 11.4 Å². The molecule has 9 nitrogen and oxygen atoms in total. The molecule has 1 fully saturated rings. The average Bonchev–Trinajstić information content (AvgIpc) is 3.20. The van der Waals surface area contributed by atoms with E-state index in [0.29, 0.717) is 21.8 Å². The van der Waals surface area contributed by atoms with E-state index >= 15 is 0 Å². The van der Waals surface area contributed by atoms with E-state index < -0.39 is 4.92 Å². The lowest BCUT2D eigenvalue weighted by molar-refractivity contribution is -0.384. The molecule has 10 heteroatoms. The van der Waals surface area contributed by atoms with Gasteiger partial charge in [0.05, 0.1) is 21.2 Å². The summed E-state index contributed by atoms with van der Waals surface area (Å²) in [6.07, 6.45) is 1.55. The summed E-state index contributed by atoms with van der Waals surface area (Å²) in [6, 6.07) is 15.2. The van der Waals surface area contributed by atoms with E-state index in [-0.39, 0.29) is 28.0 Å². The van der Waals surface area contributed by atoms with Crippen LogP contribution in [0.3, 0.4) is 0 Å². The molecule has 31 heavy (non-hydrogen) atoms. The van der Waals surface area contributed by atoms with Crippen molar-refractivity contribution in [3.05, 3.63) is 91.2 Å². The van der Waals surface area contributed by atoms with E-state index in [1.807, 2.05) is 30.3 Å². The van der Waals surface area contributed by atoms with Gasteiger partial charge in [-0.2, -0.15) is 0 Å². The van der Waals surface area contributed by atoms with Gasteiger partial charge in [0.2, 0.25) is 0 Å². The minimum absolute atomic E-state index is 0.0620. The highest BCUT2D eigenvalue weighted by Gasteiger charge is 2.26. The quantitative estimate of drug-likeness (QED) is 0.384. The number of nitrogens with one attached hydrogen (secondary N) is 1. The van der Waals surface area contributed by atoms with Crippen molar-refractivity contribution in [1.29, 1.82) is 0 Å². The maximum atomic E-state index is 13.0. The molecular weight excluding hydrogens is 418 g/mol. The second-order valence-corrected chi connectivity index (χ2v) is 7.77. The molecule has 0 aliphatic carbocycles. The minimum Gasteiger partial charge on any atom is -0.300 e. The summed E-state index contributed by atoms with van der Waals surface area (Å²) < 4.78 is 3.22. The van der Waals surface area contributed by atoms with Crippen LogP contribution in [0, 0.1) is 17.0 Å². The third-order valence-electron chi connectivity index (χ3n) is 4.77. The summed E-state index contributed by atoms with van der Waals surface area (Å²) in [5, 5.41) is 13.9. The standard InChI is InChI=1S/C21H17N5O4S/c1-13-18(20(28)25(24(13)2)15-8-4-3-5-9-15)22-21-23-19(27)17(31-21)12-14-7-6-10-16(11-14)26(29)30/h3-12H,1-2H3,(H,22,23,27)/b17-12+. The van der Waals surface area contributed by atoms with Crippen molar-refractivity contribution in [3.63, 3.8) is 0 Å². The van der Waals surface area contributed by atoms with Crippen molar-refractivity contribution in [3.8, 4) is 5.69 Å². The van der Waals surface area contributed by atoms with Crippen molar-refractivity contribution in [2.45, 2.75) is 6.92 Å². The third kappa shape index (κ3) is 3.92. The zero-order valence-electron chi connectivity index (χ0n) is 16.6. The van der Waals surface area contributed by atoms with Crippen LogP contribution in [-0.2, 0) is 11.8 Å². The van der Waals surface area contributed by atoms with Crippen LogP contribution in [0.25, 0.3) is 11.8 Å². The molecule has 0 atom stereocenters. The van der Waals surface area contributed by atoms with Crippen LogP contribution in [0.15, 0.2) is 69.3 Å². The monoisotopic (exact) mass is 435 g/mol. The van der Waals surface area contributed by atoms with Crippen molar-refractivity contribution in [1.82, 2.24) is 14.7 Å². The normalized spacial score (nSPS) is 16.1. The molecule has 0 spiro atoms. The van der Waals surface area contributed by atoms with E-state index in [0.717, 1.165) is 11.8 Å². The van der Waals surface area contributed by atoms with Crippen molar-refractivity contribution < 1.29 is 9.72 Å². The smallest absolute Gasteiger partial charge is 0.297 e. The molecule has 1 aliphatic rings. The van der Waals surface area contributed by atoms with E-state index in [1.54, 1.807) is 36.9 Å². The molecule has 2 heterocycles. The Bertz CT molecular complexity index is 1320. The maximum Gasteiger partial charge on any atom is 0.297 e. The van der Waals surface area contributed by atoms with Gasteiger partial charge >= 0.3 is 0 Å². The molecule has 1 N–H and O–H groups in total. The Hall–Kier alpha value is -3.92. The fourth-order valence-corrected chi connectivity index (χ4v) is 3.97. The Kier molecular flexibility index (Phi) is 5.30. The lowest BCUT2D eigenvalue weighted by atomic mass is 10.2. The van der Waals surface area contributed by atoms with Crippen LogP contribution in [0.1, 0.15) is 11.3 Å². The molecule has 4 rings (SSSR count). The highest BCUT2D eigenvalue weighted by atomic mass is 32.2. The first-order valence-electron chi connectivity index (χ1n) is 9.23. The summed E-state index contributed by atoms with van der Waals surface area (Å²) in [4.78, 5) is 40.5. The van der Waals surface area contributed by atoms with E-state index in [1.165, 1.54) is 16.8 Å². The number of hydrogen-bond donors (Lipinski definition) is 1. The number of aromatic nitrogens is 2. The SMILES string of the molecule is Cc1c(N=C2NC(=O)/C(=C\c3cccc([N+](=O)[O-])c3)S2)c(=O)n(-c2ccccc2)n1C. The maximum absolute atomic E-state index is 13.0. The van der Waals surface area contributed by atoms with Gasteiger partial charge in [0.25, 0.3) is 17.2 Å². The molecule has 1 aliphatic heterocycles. The predicted molar refractivity (Wildman–Crippen MR) is 120 cm³/mol. The number of aliphatic imine (C=N–C) groups is 1. The molecule has 0 radical (unpaired) electrons. The zero-order chi connectivity index (χ0) is 22.1. The second kappa shape index (κ2) is 8.07. The van der Waals surface area contributed by atoms with Crippen molar-refractivity contribution >= 4 is 40.3 Å². The number of nitro groups is 1. The van der Waals surface area contributed by atoms with Gasteiger partial charge in [-0.25, -0.2) is 9.67 Å². The molecule has 1 amide bonds. The van der Waals surface area contributed by atoms with Crippen LogP contribution in [0.2, 0.25) is 0 Å². The first kappa shape index (κ1) is 20.4. The van der Waals surface area contributed by atoms with Crippen LogP contribution >= 0.6 is 11.8 Å². The number of carbonyl (C=O) groups is 1. The Morgan fingerprint density at radius 3 is 2.58 bits per heavy atom. The number of carbonyl (C=O) groups excluding carboxylic acids is 1. The van der Waals surface area contributed by atoms with Gasteiger partial charge in [0, 0.05) is 19.2 Å². The molecule has 0 bridgehead atoms. The number of benzene rings is 2. The topological polar surface area (TPSA) is 112 Å². The van der Waals surface area contributed by atoms with Crippen molar-refractivity contribution in [2.75, 3.05) is 0 Å². The number of hydrogen-bond acceptors (Lipinski definition) is 6. The summed E-state index contributed by atoms with van der Waals surface area (Å²) >= 11 is 1.07. The van der Waals surface area contributed by atoms with Gasteiger partial charge in [-0.3, -0.25) is 24.4 Å². The molecule has 3 aromatic rings. The Morgan fingerprint density at radius 2 is 1.87 bits per heavy atom. The Balaban J connectivity index is 1.67. The van der Waals surface area contributed by atoms with E-state index in [2.05, 4.69) is 10.3 Å². The number of non-ortho nitro benzene ring substituents is 1. The minimum atomic E-state index is -0.493. The van der Waals surface area contributed by atoms with Crippen LogP contribution < -0.4 is 10.9 Å². The van der Waals surface area contributed by atoms with Crippen LogP contribution in [-0.4, -0.2) is 25.4 Å². The average molecular weight is 435 g/mol. The van der Waals surface area contributed by atoms with Gasteiger partial charge in [-0.1, -0.05) is 30.3 Å². The highest BCUT2D eigenvalue weighted by Crippen LogP contribution is 2.29. The Morgan fingerprint density at radius 1 is 1.13 bits per heavy atom.